The van der Waals surface area contributed by atoms with Crippen LogP contribution in [0.1, 0.15) is 46.5 Å². The van der Waals surface area contributed by atoms with Gasteiger partial charge in [0.2, 0.25) is 0 Å². The van der Waals surface area contributed by atoms with Crippen molar-refractivity contribution >= 4 is 0 Å². The summed E-state index contributed by atoms with van der Waals surface area (Å²) < 4.78 is 27.7. The lowest BCUT2D eigenvalue weighted by atomic mass is 9.63. The van der Waals surface area contributed by atoms with Gasteiger partial charge in [0.1, 0.15) is 0 Å². The van der Waals surface area contributed by atoms with E-state index in [0.717, 1.165) is 12.8 Å². The van der Waals surface area contributed by atoms with Gasteiger partial charge < -0.3 is 5.32 Å². The van der Waals surface area contributed by atoms with Crippen LogP contribution in [-0.2, 0) is 0 Å². The average Bonchev–Trinajstić information content (AvgIpc) is 2.42. The van der Waals surface area contributed by atoms with E-state index in [4.69, 9.17) is 0 Å². The summed E-state index contributed by atoms with van der Waals surface area (Å²) in [7, 11) is 0. The van der Waals surface area contributed by atoms with Crippen molar-refractivity contribution in [1.29, 1.82) is 0 Å². The maximum absolute atomic E-state index is 13.8. The van der Waals surface area contributed by atoms with E-state index in [1.807, 2.05) is 0 Å². The third kappa shape index (κ3) is 1.87. The molecule has 0 radical (unpaired) electrons. The molecule has 1 saturated heterocycles. The van der Waals surface area contributed by atoms with E-state index < -0.39 is 11.3 Å². The lowest BCUT2D eigenvalue weighted by Gasteiger charge is -2.44. The normalized spacial score (nSPS) is 39.2. The molecule has 1 N–H and O–H groups in total. The molecule has 0 bridgehead atoms. The number of nitrogens with one attached hydrogen (secondary N) is 1. The van der Waals surface area contributed by atoms with Crippen LogP contribution in [0.4, 0.5) is 8.78 Å². The minimum absolute atomic E-state index is 0.118. The predicted molar refractivity (Wildman–Crippen MR) is 61.7 cm³/mol. The highest BCUT2D eigenvalue weighted by Crippen LogP contribution is 2.53. The lowest BCUT2D eigenvalue weighted by Crippen LogP contribution is -2.44. The Morgan fingerprint density at radius 2 is 1.62 bits per heavy atom. The Balaban J connectivity index is 2.05. The van der Waals surface area contributed by atoms with Gasteiger partial charge >= 0.3 is 0 Å². The van der Waals surface area contributed by atoms with Gasteiger partial charge in [-0.15, -0.1) is 0 Å². The Morgan fingerprint density at radius 3 is 2.00 bits per heavy atom. The first kappa shape index (κ1) is 12.3. The van der Waals surface area contributed by atoms with Gasteiger partial charge in [0.05, 0.1) is 6.54 Å². The van der Waals surface area contributed by atoms with Gasteiger partial charge in [-0.3, -0.25) is 0 Å². The highest BCUT2D eigenvalue weighted by Gasteiger charge is 2.58. The van der Waals surface area contributed by atoms with Crippen molar-refractivity contribution in [2.75, 3.05) is 13.1 Å². The molecule has 16 heavy (non-hydrogen) atoms. The molecule has 0 aromatic rings. The summed E-state index contributed by atoms with van der Waals surface area (Å²) in [5.41, 5.74) is -0.461. The topological polar surface area (TPSA) is 12.0 Å². The summed E-state index contributed by atoms with van der Waals surface area (Å²) in [5, 5.41) is 2.88. The molecule has 1 aliphatic heterocycles. The van der Waals surface area contributed by atoms with Crippen LogP contribution in [-0.4, -0.2) is 19.0 Å². The number of hydrogen-bond donors (Lipinski definition) is 1. The standard InChI is InChI=1S/C13H23F2N/c1-11(2,3)10-4-6-12(7-5-10)8-16-9-13(12,14)15/h10,16H,4-9H2,1-3H3. The Labute approximate surface area is 97.0 Å². The van der Waals surface area contributed by atoms with Crippen LogP contribution in [0.5, 0.6) is 0 Å². The van der Waals surface area contributed by atoms with Gasteiger partial charge in [-0.05, 0) is 37.0 Å². The van der Waals surface area contributed by atoms with E-state index in [0.29, 0.717) is 25.3 Å². The zero-order valence-corrected chi connectivity index (χ0v) is 10.6. The van der Waals surface area contributed by atoms with Gasteiger partial charge in [0.15, 0.2) is 0 Å². The molecule has 1 aliphatic carbocycles. The molecule has 1 spiro atoms. The maximum Gasteiger partial charge on any atom is 0.267 e. The zero-order chi connectivity index (χ0) is 12.0. The van der Waals surface area contributed by atoms with Crippen LogP contribution < -0.4 is 5.32 Å². The van der Waals surface area contributed by atoms with Crippen molar-refractivity contribution in [1.82, 2.24) is 5.32 Å². The van der Waals surface area contributed by atoms with Crippen molar-refractivity contribution in [3.63, 3.8) is 0 Å². The molecule has 2 fully saturated rings. The second kappa shape index (κ2) is 3.66. The van der Waals surface area contributed by atoms with Gasteiger partial charge in [0.25, 0.3) is 5.92 Å². The van der Waals surface area contributed by atoms with Crippen molar-refractivity contribution in [3.8, 4) is 0 Å². The Hall–Kier alpha value is -0.180. The highest BCUT2D eigenvalue weighted by atomic mass is 19.3. The first-order valence-corrected chi connectivity index (χ1v) is 6.35. The third-order valence-electron chi connectivity index (χ3n) is 4.75. The summed E-state index contributed by atoms with van der Waals surface area (Å²) in [5.74, 6) is -1.88. The Morgan fingerprint density at radius 1 is 1.06 bits per heavy atom. The van der Waals surface area contributed by atoms with E-state index in [1.54, 1.807) is 0 Å². The fourth-order valence-corrected chi connectivity index (χ4v) is 3.35. The molecule has 94 valence electrons. The molecule has 1 saturated carbocycles. The molecule has 0 unspecified atom stereocenters. The maximum atomic E-state index is 13.8. The second-order valence-electron chi connectivity index (χ2n) is 6.73. The molecule has 2 aliphatic rings. The SMILES string of the molecule is CC(C)(C)C1CCC2(CC1)CNCC2(F)F. The van der Waals surface area contributed by atoms with E-state index >= 15 is 0 Å². The van der Waals surface area contributed by atoms with Gasteiger partial charge in [-0.2, -0.15) is 0 Å². The fourth-order valence-electron chi connectivity index (χ4n) is 3.35. The molecule has 1 nitrogen and oxygen atoms in total. The zero-order valence-electron chi connectivity index (χ0n) is 10.6. The second-order valence-corrected chi connectivity index (χ2v) is 6.73. The molecule has 0 aromatic carbocycles. The number of hydrogen-bond acceptors (Lipinski definition) is 1. The van der Waals surface area contributed by atoms with Gasteiger partial charge in [-0.25, -0.2) is 8.78 Å². The number of rotatable bonds is 0. The Bertz CT molecular complexity index is 260. The molecule has 1 heterocycles. The van der Waals surface area contributed by atoms with E-state index in [-0.39, 0.29) is 12.0 Å². The summed E-state index contributed by atoms with van der Waals surface area (Å²) >= 11 is 0. The van der Waals surface area contributed by atoms with Crippen molar-refractivity contribution in [2.45, 2.75) is 52.4 Å². The summed E-state index contributed by atoms with van der Waals surface area (Å²) in [6, 6.07) is 0. The van der Waals surface area contributed by atoms with E-state index in [9.17, 15) is 8.78 Å². The lowest BCUT2D eigenvalue weighted by molar-refractivity contribution is -0.110. The van der Waals surface area contributed by atoms with Crippen LogP contribution in [0.25, 0.3) is 0 Å². The summed E-state index contributed by atoms with van der Waals surface area (Å²) in [6.07, 6.45) is 3.30. The first-order valence-electron chi connectivity index (χ1n) is 6.35. The van der Waals surface area contributed by atoms with Crippen molar-refractivity contribution < 1.29 is 8.78 Å². The Kier molecular flexibility index (Phi) is 2.81. The average molecular weight is 231 g/mol. The molecule has 2 rings (SSSR count). The third-order valence-corrected chi connectivity index (χ3v) is 4.75. The number of halogens is 2. The smallest absolute Gasteiger partial charge is 0.267 e. The van der Waals surface area contributed by atoms with Crippen LogP contribution in [0, 0.1) is 16.7 Å². The fraction of sp³-hybridized carbons (Fsp3) is 1.00. The molecule has 0 atom stereocenters. The number of alkyl halides is 2. The summed E-state index contributed by atoms with van der Waals surface area (Å²) in [4.78, 5) is 0. The molecule has 3 heteroatoms. The van der Waals surface area contributed by atoms with Crippen LogP contribution in [0.3, 0.4) is 0 Å². The summed E-state index contributed by atoms with van der Waals surface area (Å²) in [6.45, 7) is 7.06. The molecule has 0 aromatic heterocycles. The van der Waals surface area contributed by atoms with Crippen LogP contribution in [0.15, 0.2) is 0 Å². The van der Waals surface area contributed by atoms with Crippen LogP contribution in [0.2, 0.25) is 0 Å². The van der Waals surface area contributed by atoms with Gasteiger partial charge in [0, 0.05) is 12.0 Å². The largest absolute Gasteiger partial charge is 0.310 e. The quantitative estimate of drug-likeness (QED) is 0.673. The first-order chi connectivity index (χ1) is 7.27. The highest BCUT2D eigenvalue weighted by molar-refractivity contribution is 5.03. The van der Waals surface area contributed by atoms with E-state index in [2.05, 4.69) is 26.1 Å². The molecule has 0 amide bonds. The van der Waals surface area contributed by atoms with Crippen molar-refractivity contribution in [2.24, 2.45) is 16.7 Å². The van der Waals surface area contributed by atoms with Crippen LogP contribution >= 0.6 is 0 Å². The van der Waals surface area contributed by atoms with Gasteiger partial charge in [-0.1, -0.05) is 20.8 Å². The minimum Gasteiger partial charge on any atom is -0.310 e. The predicted octanol–water partition coefficient (Wildman–Crippen LogP) is 3.45. The van der Waals surface area contributed by atoms with E-state index in [1.165, 1.54) is 0 Å². The molecular weight excluding hydrogens is 208 g/mol. The minimum atomic E-state index is -2.49. The monoisotopic (exact) mass is 231 g/mol. The van der Waals surface area contributed by atoms with Crippen molar-refractivity contribution in [3.05, 3.63) is 0 Å². The molecular formula is C13H23F2N.